The van der Waals surface area contributed by atoms with Crippen LogP contribution in [0.3, 0.4) is 0 Å². The summed E-state index contributed by atoms with van der Waals surface area (Å²) in [6, 6.07) is 7.35. The van der Waals surface area contributed by atoms with Crippen LogP contribution in [0.1, 0.15) is 23.6 Å². The van der Waals surface area contributed by atoms with Crippen LogP contribution in [-0.4, -0.2) is 24.6 Å². The van der Waals surface area contributed by atoms with Crippen molar-refractivity contribution in [2.24, 2.45) is 0 Å². The molecule has 2 heterocycles. The maximum absolute atomic E-state index is 12.8. The number of sulfonamides is 1. The number of halogens is 1. The minimum atomic E-state index is -3.46. The smallest absolute Gasteiger partial charge is 0.206 e. The summed E-state index contributed by atoms with van der Waals surface area (Å²) in [5, 5.41) is 1.96. The van der Waals surface area contributed by atoms with Gasteiger partial charge in [-0.25, -0.2) is 8.42 Å². The van der Waals surface area contributed by atoms with E-state index in [1.165, 1.54) is 11.3 Å². The second-order valence-electron chi connectivity index (χ2n) is 4.88. The standard InChI is InChI=1S/C14H18ClNO2S3/c1-11(2)16(10-13-4-3-9-19-13)21(17,18)14-6-5-12(20-14)7-8-15/h3-6,9,11H,7-8,10H2,1-2H3. The number of rotatable bonds is 7. The van der Waals surface area contributed by atoms with Crippen molar-refractivity contribution in [3.63, 3.8) is 0 Å². The Morgan fingerprint density at radius 2 is 2.00 bits per heavy atom. The molecule has 0 fully saturated rings. The molecule has 0 aliphatic carbocycles. The molecule has 2 aromatic heterocycles. The molecular weight excluding hydrogens is 346 g/mol. The Bertz CT molecular complexity index is 662. The van der Waals surface area contributed by atoms with Gasteiger partial charge in [0.25, 0.3) is 10.0 Å². The van der Waals surface area contributed by atoms with Crippen molar-refractivity contribution >= 4 is 44.3 Å². The van der Waals surface area contributed by atoms with Crippen molar-refractivity contribution < 1.29 is 8.42 Å². The van der Waals surface area contributed by atoms with Crippen LogP contribution < -0.4 is 0 Å². The molecule has 0 bridgehead atoms. The van der Waals surface area contributed by atoms with Gasteiger partial charge in [-0.3, -0.25) is 0 Å². The van der Waals surface area contributed by atoms with E-state index in [1.807, 2.05) is 37.4 Å². The van der Waals surface area contributed by atoms with Crippen molar-refractivity contribution in [3.8, 4) is 0 Å². The highest BCUT2D eigenvalue weighted by Crippen LogP contribution is 2.28. The van der Waals surface area contributed by atoms with Crippen LogP contribution in [0.15, 0.2) is 33.9 Å². The van der Waals surface area contributed by atoms with Gasteiger partial charge in [0, 0.05) is 28.2 Å². The first-order valence-corrected chi connectivity index (χ1v) is 10.3. The van der Waals surface area contributed by atoms with E-state index in [-0.39, 0.29) is 6.04 Å². The molecule has 0 aromatic carbocycles. The summed E-state index contributed by atoms with van der Waals surface area (Å²) in [4.78, 5) is 2.05. The summed E-state index contributed by atoms with van der Waals surface area (Å²) in [5.74, 6) is 0.503. The molecule has 2 aromatic rings. The lowest BCUT2D eigenvalue weighted by Gasteiger charge is -2.24. The summed E-state index contributed by atoms with van der Waals surface area (Å²) >= 11 is 8.60. The first-order chi connectivity index (χ1) is 9.95. The molecule has 3 nitrogen and oxygen atoms in total. The van der Waals surface area contributed by atoms with Gasteiger partial charge in [0.05, 0.1) is 0 Å². The molecule has 0 saturated carbocycles. The average molecular weight is 364 g/mol. The zero-order valence-corrected chi connectivity index (χ0v) is 15.2. The first-order valence-electron chi connectivity index (χ1n) is 6.64. The SMILES string of the molecule is CC(C)N(Cc1cccs1)S(=O)(=O)c1ccc(CCCl)s1. The molecular formula is C14H18ClNO2S3. The van der Waals surface area contributed by atoms with Gasteiger partial charge in [0.15, 0.2) is 0 Å². The minimum Gasteiger partial charge on any atom is -0.206 e. The van der Waals surface area contributed by atoms with Gasteiger partial charge in [-0.1, -0.05) is 6.07 Å². The van der Waals surface area contributed by atoms with Crippen molar-refractivity contribution in [3.05, 3.63) is 39.4 Å². The van der Waals surface area contributed by atoms with E-state index in [9.17, 15) is 8.42 Å². The maximum atomic E-state index is 12.8. The van der Waals surface area contributed by atoms with E-state index in [2.05, 4.69) is 0 Å². The molecule has 7 heteroatoms. The van der Waals surface area contributed by atoms with Crippen molar-refractivity contribution in [2.75, 3.05) is 5.88 Å². The second kappa shape index (κ2) is 7.24. The van der Waals surface area contributed by atoms with Crippen molar-refractivity contribution in [2.45, 2.75) is 37.1 Å². The van der Waals surface area contributed by atoms with E-state index in [0.717, 1.165) is 9.75 Å². The Hall–Kier alpha value is -0.400. The predicted molar refractivity (Wildman–Crippen MR) is 90.9 cm³/mol. The molecule has 0 atom stereocenters. The average Bonchev–Trinajstić information content (AvgIpc) is 3.07. The predicted octanol–water partition coefficient (Wildman–Crippen LogP) is 4.19. The monoisotopic (exact) mass is 363 g/mol. The summed E-state index contributed by atoms with van der Waals surface area (Å²) in [5.41, 5.74) is 0. The number of nitrogens with zero attached hydrogens (tertiary/aromatic N) is 1. The van der Waals surface area contributed by atoms with E-state index >= 15 is 0 Å². The Balaban J connectivity index is 2.28. The quantitative estimate of drug-likeness (QED) is 0.691. The summed E-state index contributed by atoms with van der Waals surface area (Å²) in [7, 11) is -3.46. The number of hydrogen-bond donors (Lipinski definition) is 0. The van der Waals surface area contributed by atoms with Crippen LogP contribution in [0, 0.1) is 0 Å². The molecule has 0 spiro atoms. The molecule has 0 amide bonds. The van der Waals surface area contributed by atoms with E-state index in [4.69, 9.17) is 11.6 Å². The molecule has 0 saturated heterocycles. The van der Waals surface area contributed by atoms with Crippen LogP contribution >= 0.6 is 34.3 Å². The van der Waals surface area contributed by atoms with E-state index in [1.54, 1.807) is 21.7 Å². The Morgan fingerprint density at radius 3 is 2.57 bits per heavy atom. The summed E-state index contributed by atoms with van der Waals surface area (Å²) in [6.07, 6.45) is 0.703. The minimum absolute atomic E-state index is 0.0873. The third kappa shape index (κ3) is 4.07. The molecule has 0 aliphatic heterocycles. The lowest BCUT2D eigenvalue weighted by molar-refractivity contribution is 0.351. The van der Waals surface area contributed by atoms with Gasteiger partial charge in [-0.05, 0) is 43.8 Å². The highest BCUT2D eigenvalue weighted by atomic mass is 35.5. The maximum Gasteiger partial charge on any atom is 0.253 e. The fourth-order valence-corrected chi connectivity index (χ4v) is 6.14. The molecule has 0 radical (unpaired) electrons. The van der Waals surface area contributed by atoms with E-state index in [0.29, 0.717) is 23.1 Å². The highest BCUT2D eigenvalue weighted by Gasteiger charge is 2.28. The fraction of sp³-hybridized carbons (Fsp3) is 0.429. The molecule has 116 valence electrons. The lowest BCUT2D eigenvalue weighted by Crippen LogP contribution is -2.35. The number of thiophene rings is 2. The van der Waals surface area contributed by atoms with Crippen LogP contribution in [0.25, 0.3) is 0 Å². The Labute approximate surface area is 139 Å². The van der Waals surface area contributed by atoms with Crippen LogP contribution in [0.5, 0.6) is 0 Å². The van der Waals surface area contributed by atoms with Gasteiger partial charge in [0.1, 0.15) is 4.21 Å². The topological polar surface area (TPSA) is 37.4 Å². The Kier molecular flexibility index (Phi) is 5.85. The fourth-order valence-electron chi connectivity index (χ4n) is 1.94. The zero-order chi connectivity index (χ0) is 15.5. The molecule has 2 rings (SSSR count). The van der Waals surface area contributed by atoms with Gasteiger partial charge >= 0.3 is 0 Å². The molecule has 21 heavy (non-hydrogen) atoms. The van der Waals surface area contributed by atoms with Gasteiger partial charge < -0.3 is 0 Å². The van der Waals surface area contributed by atoms with Crippen molar-refractivity contribution in [1.29, 1.82) is 0 Å². The third-order valence-electron chi connectivity index (χ3n) is 3.01. The lowest BCUT2D eigenvalue weighted by atomic mass is 10.4. The molecule has 0 aliphatic rings. The van der Waals surface area contributed by atoms with Gasteiger partial charge in [-0.2, -0.15) is 4.31 Å². The number of aryl methyl sites for hydroxylation is 1. The summed E-state index contributed by atoms with van der Waals surface area (Å²) < 4.78 is 27.6. The summed E-state index contributed by atoms with van der Waals surface area (Å²) in [6.45, 7) is 4.22. The molecule has 0 unspecified atom stereocenters. The van der Waals surface area contributed by atoms with Gasteiger partial charge in [-0.15, -0.1) is 34.3 Å². The van der Waals surface area contributed by atoms with Crippen LogP contribution in [0.2, 0.25) is 0 Å². The molecule has 0 N–H and O–H groups in total. The number of hydrogen-bond acceptors (Lipinski definition) is 4. The number of alkyl halides is 1. The highest BCUT2D eigenvalue weighted by molar-refractivity contribution is 7.91. The van der Waals surface area contributed by atoms with Crippen LogP contribution in [0.4, 0.5) is 0 Å². The largest absolute Gasteiger partial charge is 0.253 e. The van der Waals surface area contributed by atoms with Gasteiger partial charge in [0.2, 0.25) is 0 Å². The van der Waals surface area contributed by atoms with Crippen LogP contribution in [-0.2, 0) is 23.0 Å². The second-order valence-corrected chi connectivity index (χ2v) is 9.58. The Morgan fingerprint density at radius 1 is 1.24 bits per heavy atom. The zero-order valence-electron chi connectivity index (χ0n) is 12.0. The van der Waals surface area contributed by atoms with E-state index < -0.39 is 10.0 Å². The van der Waals surface area contributed by atoms with Crippen molar-refractivity contribution in [1.82, 2.24) is 4.31 Å². The normalized spacial score (nSPS) is 12.4. The first kappa shape index (κ1) is 17.0. The third-order valence-corrected chi connectivity index (χ3v) is 7.69.